The number of carbonyl (C=O) groups excluding carboxylic acids is 1. The number of aromatic nitrogens is 2. The van der Waals surface area contributed by atoms with Crippen molar-refractivity contribution in [3.05, 3.63) is 114 Å². The van der Waals surface area contributed by atoms with Crippen LogP contribution < -0.4 is 4.48 Å². The van der Waals surface area contributed by atoms with Gasteiger partial charge in [0.2, 0.25) is 5.82 Å². The number of methoxy groups -OCH3 is 1. The van der Waals surface area contributed by atoms with Gasteiger partial charge in [0.15, 0.2) is 0 Å². The van der Waals surface area contributed by atoms with Crippen LogP contribution in [-0.4, -0.2) is 54.7 Å². The molecule has 5 rings (SSSR count). The summed E-state index contributed by atoms with van der Waals surface area (Å²) >= 11 is 0. The van der Waals surface area contributed by atoms with Crippen molar-refractivity contribution >= 4 is 28.1 Å². The first-order valence-electron chi connectivity index (χ1n) is 12.2. The maximum absolute atomic E-state index is 13.7. The molecule has 1 aromatic heterocycles. The van der Waals surface area contributed by atoms with Crippen molar-refractivity contribution in [3.63, 3.8) is 0 Å². The van der Waals surface area contributed by atoms with Crippen molar-refractivity contribution in [2.75, 3.05) is 34.4 Å². The number of hydrogen-bond donors (Lipinski definition) is 0. The Bertz CT molecular complexity index is 1500. The van der Waals surface area contributed by atoms with Crippen LogP contribution in [0.25, 0.3) is 16.3 Å². The minimum absolute atomic E-state index is 0.0670. The molecular formula is C30H30FN4O2+. The summed E-state index contributed by atoms with van der Waals surface area (Å²) in [6.07, 6.45) is 7.68. The van der Waals surface area contributed by atoms with E-state index in [1.165, 1.54) is 12.1 Å². The van der Waals surface area contributed by atoms with Gasteiger partial charge in [-0.3, -0.25) is 9.36 Å². The molecule has 0 radical (unpaired) electrons. The second-order valence-corrected chi connectivity index (χ2v) is 9.49. The predicted molar refractivity (Wildman–Crippen MR) is 145 cm³/mol. The van der Waals surface area contributed by atoms with Crippen molar-refractivity contribution in [1.82, 2.24) is 18.9 Å². The van der Waals surface area contributed by atoms with Crippen molar-refractivity contribution in [2.45, 2.75) is 6.54 Å². The number of hydrogen-bond acceptors (Lipinski definition) is 3. The lowest BCUT2D eigenvalue weighted by Crippen LogP contribution is -2.34. The molecule has 0 N–H and O–H groups in total. The predicted octanol–water partition coefficient (Wildman–Crippen LogP) is 5.20. The van der Waals surface area contributed by atoms with E-state index in [-0.39, 0.29) is 16.2 Å². The van der Waals surface area contributed by atoms with Crippen molar-refractivity contribution < 1.29 is 13.9 Å². The van der Waals surface area contributed by atoms with Crippen molar-refractivity contribution in [3.8, 4) is 0 Å². The van der Waals surface area contributed by atoms with E-state index in [4.69, 9.17) is 4.74 Å². The Labute approximate surface area is 216 Å². The summed E-state index contributed by atoms with van der Waals surface area (Å²) in [5.41, 5.74) is 3.48. The lowest BCUT2D eigenvalue weighted by molar-refractivity contribution is -0.126. The number of benzene rings is 3. The normalized spacial score (nSPS) is 17.1. The highest BCUT2D eigenvalue weighted by Crippen LogP contribution is 2.40. The molecule has 1 atom stereocenters. The van der Waals surface area contributed by atoms with E-state index in [0.29, 0.717) is 25.3 Å². The number of nitrogens with zero attached hydrogens (tertiary/aromatic N) is 4. The fourth-order valence-electron chi connectivity index (χ4n) is 4.85. The Morgan fingerprint density at radius 3 is 2.59 bits per heavy atom. The standard InChI is InChI=1S/C30H30FN4O2/c1-33(15-16-37-3)30(36)28-20-35(2,19-27(28)26-10-6-8-23-7-4-5-9-25(23)26)29-17-32-21-34(29)18-22-11-13-24(31)14-12-22/h4-14,17,19-21H,15-16,18H2,1-3H3/q+1. The number of ether oxygens (including phenoxy) is 1. The third-order valence-corrected chi connectivity index (χ3v) is 6.82. The third kappa shape index (κ3) is 4.83. The summed E-state index contributed by atoms with van der Waals surface area (Å²) in [4.78, 5) is 19.8. The summed E-state index contributed by atoms with van der Waals surface area (Å²) in [6.45, 7) is 1.48. The smallest absolute Gasteiger partial charge is 0.259 e. The van der Waals surface area contributed by atoms with Gasteiger partial charge < -0.3 is 9.64 Å². The minimum Gasteiger partial charge on any atom is -0.383 e. The monoisotopic (exact) mass is 497 g/mol. The Balaban J connectivity index is 1.61. The van der Waals surface area contributed by atoms with Crippen LogP contribution in [0.1, 0.15) is 11.1 Å². The van der Waals surface area contributed by atoms with E-state index in [1.54, 1.807) is 37.5 Å². The molecule has 1 aliphatic heterocycles. The zero-order valence-corrected chi connectivity index (χ0v) is 21.3. The third-order valence-electron chi connectivity index (χ3n) is 6.82. The highest BCUT2D eigenvalue weighted by atomic mass is 19.1. The molecule has 0 spiro atoms. The van der Waals surface area contributed by atoms with Gasteiger partial charge in [0.25, 0.3) is 5.91 Å². The number of amides is 1. The summed E-state index contributed by atoms with van der Waals surface area (Å²) < 4.78 is 20.9. The van der Waals surface area contributed by atoms with Crippen LogP contribution in [0.4, 0.5) is 10.2 Å². The van der Waals surface area contributed by atoms with Gasteiger partial charge in [-0.05, 0) is 34.0 Å². The molecule has 0 fully saturated rings. The van der Waals surface area contributed by atoms with E-state index >= 15 is 0 Å². The van der Waals surface area contributed by atoms with Crippen LogP contribution in [-0.2, 0) is 16.1 Å². The summed E-state index contributed by atoms with van der Waals surface area (Å²) in [6, 6.07) is 20.8. The van der Waals surface area contributed by atoms with Crippen molar-refractivity contribution in [1.29, 1.82) is 0 Å². The first-order valence-corrected chi connectivity index (χ1v) is 12.2. The molecular weight excluding hydrogens is 467 g/mol. The molecule has 6 nitrogen and oxygen atoms in total. The topological polar surface area (TPSA) is 47.4 Å². The highest BCUT2D eigenvalue weighted by molar-refractivity contribution is 6.13. The number of imidazole rings is 1. The van der Waals surface area contributed by atoms with Gasteiger partial charge in [0, 0.05) is 20.7 Å². The molecule has 37 heavy (non-hydrogen) atoms. The van der Waals surface area contributed by atoms with Crippen LogP contribution in [0, 0.1) is 5.82 Å². The Hall–Kier alpha value is -4.07. The minimum atomic E-state index is -0.264. The molecule has 3 aromatic carbocycles. The fourth-order valence-corrected chi connectivity index (χ4v) is 4.85. The van der Waals surface area contributed by atoms with Gasteiger partial charge in [-0.2, -0.15) is 0 Å². The lowest BCUT2D eigenvalue weighted by Gasteiger charge is -2.23. The number of rotatable bonds is 8. The molecule has 2 heterocycles. The average Bonchev–Trinajstić information content (AvgIpc) is 3.53. The Morgan fingerprint density at radius 2 is 1.81 bits per heavy atom. The van der Waals surface area contributed by atoms with E-state index in [2.05, 4.69) is 35.4 Å². The first kappa shape index (κ1) is 24.6. The number of fused-ring (bicyclic) bond motifs is 1. The van der Waals surface area contributed by atoms with Gasteiger partial charge in [0.1, 0.15) is 30.0 Å². The quantitative estimate of drug-likeness (QED) is 0.314. The summed E-state index contributed by atoms with van der Waals surface area (Å²) in [5.74, 6) is 0.562. The zero-order chi connectivity index (χ0) is 26.0. The van der Waals surface area contributed by atoms with Gasteiger partial charge >= 0.3 is 0 Å². The van der Waals surface area contributed by atoms with Crippen LogP contribution in [0.5, 0.6) is 0 Å². The number of carbonyl (C=O) groups is 1. The van der Waals surface area contributed by atoms with Gasteiger partial charge in [-0.1, -0.05) is 54.6 Å². The van der Waals surface area contributed by atoms with Crippen molar-refractivity contribution in [2.24, 2.45) is 0 Å². The van der Waals surface area contributed by atoms with Crippen LogP contribution >= 0.6 is 0 Å². The number of halogens is 1. The van der Waals surface area contributed by atoms with Gasteiger partial charge in [-0.25, -0.2) is 13.9 Å². The van der Waals surface area contributed by atoms with Gasteiger partial charge in [-0.15, -0.1) is 0 Å². The average molecular weight is 498 g/mol. The molecule has 0 aliphatic carbocycles. The largest absolute Gasteiger partial charge is 0.383 e. The Morgan fingerprint density at radius 1 is 1.05 bits per heavy atom. The Kier molecular flexibility index (Phi) is 6.74. The lowest BCUT2D eigenvalue weighted by atomic mass is 9.94. The van der Waals surface area contributed by atoms with E-state index in [0.717, 1.165) is 33.3 Å². The summed E-state index contributed by atoms with van der Waals surface area (Å²) in [5, 5.41) is 2.20. The summed E-state index contributed by atoms with van der Waals surface area (Å²) in [7, 11) is 5.47. The van der Waals surface area contributed by atoms with Gasteiger partial charge in [0.05, 0.1) is 32.1 Å². The molecule has 188 valence electrons. The maximum atomic E-state index is 13.7. The number of likely N-dealkylation sites (N-methyl/N-ethyl adjacent to an activating group) is 1. The van der Waals surface area contributed by atoms with Crippen LogP contribution in [0.2, 0.25) is 0 Å². The van der Waals surface area contributed by atoms with Crippen LogP contribution in [0.3, 0.4) is 0 Å². The molecule has 1 unspecified atom stereocenters. The van der Waals surface area contributed by atoms with E-state index in [9.17, 15) is 9.18 Å². The first-order chi connectivity index (χ1) is 17.9. The second-order valence-electron chi connectivity index (χ2n) is 9.49. The molecule has 1 aliphatic rings. The van der Waals surface area contributed by atoms with E-state index < -0.39 is 0 Å². The SMILES string of the molecule is COCCN(C)C(=O)C1=C[N+](C)(c2cncn2Cc2ccc(F)cc2)C=C1c1cccc2ccccc12. The molecule has 1 amide bonds. The molecule has 0 saturated carbocycles. The molecule has 4 aromatic rings. The molecule has 0 bridgehead atoms. The highest BCUT2D eigenvalue weighted by Gasteiger charge is 2.38. The van der Waals surface area contributed by atoms with E-state index in [1.807, 2.05) is 42.2 Å². The molecule has 7 heteroatoms. The molecule has 0 saturated heterocycles. The number of quaternary nitrogens is 1. The zero-order valence-electron chi connectivity index (χ0n) is 21.3. The van der Waals surface area contributed by atoms with Crippen LogP contribution in [0.15, 0.2) is 97.2 Å². The second kappa shape index (κ2) is 10.1. The maximum Gasteiger partial charge on any atom is 0.259 e. The fraction of sp³-hybridized carbons (Fsp3) is 0.200.